The molecule has 0 amide bonds. The lowest BCUT2D eigenvalue weighted by molar-refractivity contribution is 0.195. The summed E-state index contributed by atoms with van der Waals surface area (Å²) in [7, 11) is 2.23. The molecule has 2 heterocycles. The number of rotatable bonds is 0. The average Bonchev–Trinajstić information content (AvgIpc) is 2.54. The minimum atomic E-state index is 0.858. The van der Waals surface area contributed by atoms with Gasteiger partial charge in [0.1, 0.15) is 0 Å². The van der Waals surface area contributed by atoms with Crippen LogP contribution in [0, 0.1) is 5.92 Å². The molecular weight excluding hydrogens is 148 g/mol. The van der Waals surface area contributed by atoms with E-state index in [2.05, 4.69) is 17.3 Å². The summed E-state index contributed by atoms with van der Waals surface area (Å²) in [6, 6.07) is 0.858. The normalized spacial score (nSPS) is 35.2. The average molecular weight is 170 g/mol. The zero-order valence-electron chi connectivity index (χ0n) is 8.64. The van der Waals surface area contributed by atoms with Crippen molar-refractivity contribution in [1.82, 2.24) is 10.2 Å². The molecule has 2 saturated heterocycles. The fourth-order valence-corrected chi connectivity index (χ4v) is 2.23. The third-order valence-electron chi connectivity index (χ3n) is 2.86. The summed E-state index contributed by atoms with van der Waals surface area (Å²) in [6.07, 6.45) is 2.76. The summed E-state index contributed by atoms with van der Waals surface area (Å²) in [5.74, 6) is 0.957. The molecular formula is C10H22N2. The zero-order valence-corrected chi connectivity index (χ0v) is 8.64. The van der Waals surface area contributed by atoms with Crippen LogP contribution in [0.2, 0.25) is 0 Å². The van der Waals surface area contributed by atoms with Gasteiger partial charge in [-0.2, -0.15) is 0 Å². The Labute approximate surface area is 76.3 Å². The predicted molar refractivity (Wildman–Crippen MR) is 53.4 cm³/mol. The molecule has 12 heavy (non-hydrogen) atoms. The molecule has 1 N–H and O–H groups in total. The van der Waals surface area contributed by atoms with Gasteiger partial charge in [-0.3, -0.25) is 0 Å². The number of nitrogens with one attached hydrogen (secondary N) is 1. The Bertz CT molecular complexity index is 125. The van der Waals surface area contributed by atoms with E-state index in [4.69, 9.17) is 0 Å². The lowest BCUT2D eigenvalue weighted by Crippen LogP contribution is -2.42. The van der Waals surface area contributed by atoms with Gasteiger partial charge in [0.25, 0.3) is 0 Å². The second-order valence-corrected chi connectivity index (χ2v) is 3.66. The van der Waals surface area contributed by atoms with E-state index in [0.717, 1.165) is 12.0 Å². The van der Waals surface area contributed by atoms with Gasteiger partial charge < -0.3 is 10.2 Å². The van der Waals surface area contributed by atoms with Gasteiger partial charge in [-0.1, -0.05) is 13.8 Å². The van der Waals surface area contributed by atoms with Crippen molar-refractivity contribution in [2.75, 3.05) is 26.7 Å². The first-order valence-electron chi connectivity index (χ1n) is 5.28. The molecule has 2 heteroatoms. The fourth-order valence-electron chi connectivity index (χ4n) is 2.23. The highest BCUT2D eigenvalue weighted by molar-refractivity contribution is 4.89. The molecule has 2 nitrogen and oxygen atoms in total. The molecule has 0 aromatic heterocycles. The van der Waals surface area contributed by atoms with Crippen molar-refractivity contribution in [3.05, 3.63) is 0 Å². The van der Waals surface area contributed by atoms with Gasteiger partial charge in [-0.15, -0.1) is 0 Å². The Balaban J connectivity index is 0.000000336. The molecule has 0 saturated carbocycles. The molecule has 0 radical (unpaired) electrons. The van der Waals surface area contributed by atoms with Gasteiger partial charge in [-0.05, 0) is 38.9 Å². The Hall–Kier alpha value is -0.0800. The van der Waals surface area contributed by atoms with E-state index in [0.29, 0.717) is 0 Å². The van der Waals surface area contributed by atoms with Gasteiger partial charge in [-0.25, -0.2) is 0 Å². The van der Waals surface area contributed by atoms with E-state index >= 15 is 0 Å². The minimum absolute atomic E-state index is 0.858. The first kappa shape index (κ1) is 10.0. The summed E-state index contributed by atoms with van der Waals surface area (Å²) < 4.78 is 0. The van der Waals surface area contributed by atoms with Crippen LogP contribution in [0.3, 0.4) is 0 Å². The highest BCUT2D eigenvalue weighted by atomic mass is 15.1. The smallest absolute Gasteiger partial charge is 0.0120 e. The van der Waals surface area contributed by atoms with Crippen LogP contribution in [0.4, 0.5) is 0 Å². The molecule has 2 aliphatic heterocycles. The van der Waals surface area contributed by atoms with Crippen LogP contribution in [0.15, 0.2) is 0 Å². The third-order valence-corrected chi connectivity index (χ3v) is 2.86. The summed E-state index contributed by atoms with van der Waals surface area (Å²) in [4.78, 5) is 2.45. The Kier molecular flexibility index (Phi) is 4.02. The lowest BCUT2D eigenvalue weighted by atomic mass is 9.94. The van der Waals surface area contributed by atoms with Gasteiger partial charge in [0.15, 0.2) is 0 Å². The first-order chi connectivity index (χ1) is 5.86. The maximum Gasteiger partial charge on any atom is 0.0120 e. The molecule has 0 aromatic rings. The lowest BCUT2D eigenvalue weighted by Gasteiger charge is -2.31. The molecule has 72 valence electrons. The molecule has 0 unspecified atom stereocenters. The number of hydrogen-bond donors (Lipinski definition) is 1. The van der Waals surface area contributed by atoms with Gasteiger partial charge in [0, 0.05) is 12.6 Å². The number of fused-ring (bicyclic) bond motifs is 1. The van der Waals surface area contributed by atoms with Crippen molar-refractivity contribution in [2.45, 2.75) is 32.7 Å². The van der Waals surface area contributed by atoms with Crippen LogP contribution >= 0.6 is 0 Å². The van der Waals surface area contributed by atoms with E-state index in [1.165, 1.54) is 32.5 Å². The molecule has 0 spiro atoms. The fraction of sp³-hybridized carbons (Fsp3) is 1.00. The summed E-state index contributed by atoms with van der Waals surface area (Å²) in [5.41, 5.74) is 0. The van der Waals surface area contributed by atoms with Gasteiger partial charge in [0.05, 0.1) is 0 Å². The van der Waals surface area contributed by atoms with E-state index in [1.807, 2.05) is 13.8 Å². The largest absolute Gasteiger partial charge is 0.314 e. The summed E-state index contributed by atoms with van der Waals surface area (Å²) >= 11 is 0. The molecule has 2 rings (SSSR count). The highest BCUT2D eigenvalue weighted by Gasteiger charge is 2.30. The topological polar surface area (TPSA) is 15.3 Å². The second-order valence-electron chi connectivity index (χ2n) is 3.66. The Morgan fingerprint density at radius 2 is 2.00 bits per heavy atom. The Morgan fingerprint density at radius 3 is 2.75 bits per heavy atom. The van der Waals surface area contributed by atoms with Crippen LogP contribution in [0.5, 0.6) is 0 Å². The molecule has 0 aromatic carbocycles. The van der Waals surface area contributed by atoms with Crippen LogP contribution in [-0.2, 0) is 0 Å². The number of hydrogen-bond acceptors (Lipinski definition) is 2. The quantitative estimate of drug-likeness (QED) is 0.590. The highest BCUT2D eigenvalue weighted by Crippen LogP contribution is 2.23. The van der Waals surface area contributed by atoms with Crippen LogP contribution in [-0.4, -0.2) is 37.6 Å². The van der Waals surface area contributed by atoms with Crippen LogP contribution in [0.25, 0.3) is 0 Å². The van der Waals surface area contributed by atoms with Crippen molar-refractivity contribution in [3.8, 4) is 0 Å². The van der Waals surface area contributed by atoms with Crippen molar-refractivity contribution >= 4 is 0 Å². The number of likely N-dealkylation sites (tertiary alicyclic amines) is 1. The standard InChI is InChI=1S/C8H16N2.C2H6/c1-10-5-3-8-7(6-10)2-4-9-8;1-2/h7-9H,2-6H2,1H3;1-2H3/t7-,8+;/m1./s1. The summed E-state index contributed by atoms with van der Waals surface area (Å²) in [5, 5.41) is 3.55. The molecule has 2 fully saturated rings. The monoisotopic (exact) mass is 170 g/mol. The van der Waals surface area contributed by atoms with E-state index in [9.17, 15) is 0 Å². The molecule has 0 bridgehead atoms. The Morgan fingerprint density at radius 1 is 1.25 bits per heavy atom. The predicted octanol–water partition coefficient (Wildman–Crippen LogP) is 1.33. The molecule has 2 aliphatic rings. The van der Waals surface area contributed by atoms with E-state index in [-0.39, 0.29) is 0 Å². The van der Waals surface area contributed by atoms with Gasteiger partial charge >= 0.3 is 0 Å². The van der Waals surface area contributed by atoms with E-state index < -0.39 is 0 Å². The maximum absolute atomic E-state index is 3.55. The number of piperidine rings is 1. The zero-order chi connectivity index (χ0) is 8.97. The van der Waals surface area contributed by atoms with E-state index in [1.54, 1.807) is 0 Å². The SMILES string of the molecule is CC.CN1CC[C@@H]2NCC[C@@H]2C1. The van der Waals surface area contributed by atoms with Crippen molar-refractivity contribution in [2.24, 2.45) is 5.92 Å². The number of nitrogens with zero attached hydrogens (tertiary/aromatic N) is 1. The first-order valence-corrected chi connectivity index (χ1v) is 5.28. The van der Waals surface area contributed by atoms with Crippen molar-refractivity contribution < 1.29 is 0 Å². The van der Waals surface area contributed by atoms with Crippen molar-refractivity contribution in [1.29, 1.82) is 0 Å². The maximum atomic E-state index is 3.55. The molecule has 2 atom stereocenters. The summed E-state index contributed by atoms with van der Waals surface area (Å²) in [6.45, 7) is 7.86. The van der Waals surface area contributed by atoms with Gasteiger partial charge in [0.2, 0.25) is 0 Å². The van der Waals surface area contributed by atoms with Crippen LogP contribution < -0.4 is 5.32 Å². The van der Waals surface area contributed by atoms with Crippen molar-refractivity contribution in [3.63, 3.8) is 0 Å². The van der Waals surface area contributed by atoms with Crippen LogP contribution in [0.1, 0.15) is 26.7 Å². The minimum Gasteiger partial charge on any atom is -0.314 e. The molecule has 0 aliphatic carbocycles. The third kappa shape index (κ3) is 2.20. The second kappa shape index (κ2) is 4.83.